The van der Waals surface area contributed by atoms with Crippen molar-refractivity contribution in [2.75, 3.05) is 13.6 Å². The van der Waals surface area contributed by atoms with E-state index in [-0.39, 0.29) is 11.5 Å². The highest BCUT2D eigenvalue weighted by atomic mass is 19.1. The van der Waals surface area contributed by atoms with Crippen LogP contribution in [0.25, 0.3) is 5.65 Å². The number of halogens is 1. The number of nitrogens with zero attached hydrogens (tertiary/aromatic N) is 2. The zero-order valence-electron chi connectivity index (χ0n) is 8.31. The lowest BCUT2D eigenvalue weighted by atomic mass is 10.3. The molecule has 2 rings (SSSR count). The van der Waals surface area contributed by atoms with E-state index in [0.29, 0.717) is 12.2 Å². The van der Waals surface area contributed by atoms with Crippen LogP contribution in [-0.2, 0) is 0 Å². The van der Waals surface area contributed by atoms with Gasteiger partial charge in [0, 0.05) is 18.9 Å². The highest BCUT2D eigenvalue weighted by Gasteiger charge is 2.12. The molecule has 15 heavy (non-hydrogen) atoms. The van der Waals surface area contributed by atoms with Gasteiger partial charge in [-0.1, -0.05) is 0 Å². The summed E-state index contributed by atoms with van der Waals surface area (Å²) in [4.78, 5) is 4.03. The van der Waals surface area contributed by atoms with Gasteiger partial charge in [-0.2, -0.15) is 0 Å². The number of aliphatic hydroxyl groups excluding tert-OH is 1. The highest BCUT2D eigenvalue weighted by molar-refractivity contribution is 5.41. The van der Waals surface area contributed by atoms with E-state index in [2.05, 4.69) is 10.3 Å². The average molecular weight is 209 g/mol. The largest absolute Gasteiger partial charge is 0.385 e. The van der Waals surface area contributed by atoms with Gasteiger partial charge in [0.15, 0.2) is 11.5 Å². The van der Waals surface area contributed by atoms with Crippen LogP contribution >= 0.6 is 0 Å². The third-order valence-corrected chi connectivity index (χ3v) is 2.19. The number of hydrogen-bond acceptors (Lipinski definition) is 3. The predicted octanol–water partition coefficient (Wildman–Crippen LogP) is 0.726. The molecule has 0 saturated heterocycles. The Hall–Kier alpha value is -1.46. The minimum atomic E-state index is -0.714. The van der Waals surface area contributed by atoms with Gasteiger partial charge in [0.25, 0.3) is 0 Å². The lowest BCUT2D eigenvalue weighted by Gasteiger charge is -2.04. The van der Waals surface area contributed by atoms with E-state index in [4.69, 9.17) is 0 Å². The van der Waals surface area contributed by atoms with Gasteiger partial charge in [0.05, 0.1) is 5.69 Å². The van der Waals surface area contributed by atoms with Crippen LogP contribution in [0.4, 0.5) is 4.39 Å². The Morgan fingerprint density at radius 2 is 2.47 bits per heavy atom. The molecule has 80 valence electrons. The smallest absolute Gasteiger partial charge is 0.173 e. The van der Waals surface area contributed by atoms with Crippen molar-refractivity contribution in [2.24, 2.45) is 0 Å². The normalized spacial score (nSPS) is 13.3. The van der Waals surface area contributed by atoms with Gasteiger partial charge in [-0.3, -0.25) is 0 Å². The molecular formula is C10H12FN3O. The van der Waals surface area contributed by atoms with Gasteiger partial charge in [0.1, 0.15) is 6.10 Å². The Morgan fingerprint density at radius 3 is 3.13 bits per heavy atom. The summed E-state index contributed by atoms with van der Waals surface area (Å²) in [6, 6.07) is 2.94. The van der Waals surface area contributed by atoms with Gasteiger partial charge >= 0.3 is 0 Å². The third-order valence-electron chi connectivity index (χ3n) is 2.19. The van der Waals surface area contributed by atoms with Crippen LogP contribution in [0.1, 0.15) is 11.8 Å². The van der Waals surface area contributed by atoms with Crippen LogP contribution in [0.15, 0.2) is 24.5 Å². The molecule has 0 aliphatic carbocycles. The third kappa shape index (κ3) is 1.84. The van der Waals surface area contributed by atoms with Crippen molar-refractivity contribution in [1.29, 1.82) is 0 Å². The fourth-order valence-electron chi connectivity index (χ4n) is 1.46. The lowest BCUT2D eigenvalue weighted by Crippen LogP contribution is -2.16. The van der Waals surface area contributed by atoms with Gasteiger partial charge in [-0.15, -0.1) is 0 Å². The molecule has 0 spiro atoms. The molecule has 1 atom stereocenters. The molecule has 4 nitrogen and oxygen atoms in total. The summed E-state index contributed by atoms with van der Waals surface area (Å²) < 4.78 is 14.8. The maximum Gasteiger partial charge on any atom is 0.173 e. The van der Waals surface area contributed by atoms with Crippen LogP contribution in [0.5, 0.6) is 0 Å². The summed E-state index contributed by atoms with van der Waals surface area (Å²) in [5.41, 5.74) is 0.706. The Balaban J connectivity index is 2.43. The lowest BCUT2D eigenvalue weighted by molar-refractivity contribution is 0.173. The fourth-order valence-corrected chi connectivity index (χ4v) is 1.46. The molecule has 0 aromatic carbocycles. The minimum Gasteiger partial charge on any atom is -0.385 e. The SMILES string of the molecule is CNCC(O)c1cn2cccc(F)c2n1. The Bertz CT molecular complexity index is 469. The monoisotopic (exact) mass is 209 g/mol. The second-order valence-corrected chi connectivity index (χ2v) is 3.33. The summed E-state index contributed by atoms with van der Waals surface area (Å²) in [6.07, 6.45) is 2.61. The molecule has 2 aromatic rings. The number of aromatic nitrogens is 2. The summed E-state index contributed by atoms with van der Waals surface area (Å²) >= 11 is 0. The summed E-state index contributed by atoms with van der Waals surface area (Å²) in [5.74, 6) is -0.389. The van der Waals surface area contributed by atoms with Crippen molar-refractivity contribution in [1.82, 2.24) is 14.7 Å². The molecule has 2 heterocycles. The fraction of sp³-hybridized carbons (Fsp3) is 0.300. The first kappa shape index (κ1) is 10.1. The van der Waals surface area contributed by atoms with E-state index >= 15 is 0 Å². The van der Waals surface area contributed by atoms with Crippen molar-refractivity contribution >= 4 is 5.65 Å². The van der Waals surface area contributed by atoms with E-state index < -0.39 is 6.10 Å². The van der Waals surface area contributed by atoms with Gasteiger partial charge in [-0.25, -0.2) is 9.37 Å². The summed E-state index contributed by atoms with van der Waals surface area (Å²) in [5, 5.41) is 12.5. The first-order valence-electron chi connectivity index (χ1n) is 4.68. The Morgan fingerprint density at radius 1 is 1.67 bits per heavy atom. The number of hydrogen-bond donors (Lipinski definition) is 2. The van der Waals surface area contributed by atoms with Crippen molar-refractivity contribution in [2.45, 2.75) is 6.10 Å². The van der Waals surface area contributed by atoms with Crippen LogP contribution in [-0.4, -0.2) is 28.1 Å². The van der Waals surface area contributed by atoms with Crippen molar-refractivity contribution in [3.8, 4) is 0 Å². The molecule has 5 heteroatoms. The standard InChI is InChI=1S/C10H12FN3O/c1-12-5-9(15)8-6-14-4-2-3-7(11)10(14)13-8/h2-4,6,9,12,15H,5H2,1H3. The maximum absolute atomic E-state index is 13.3. The number of pyridine rings is 1. The Kier molecular flexibility index (Phi) is 2.66. The second-order valence-electron chi connectivity index (χ2n) is 3.33. The number of imidazole rings is 1. The molecule has 0 saturated carbocycles. The maximum atomic E-state index is 13.3. The Labute approximate surface area is 86.4 Å². The zero-order valence-corrected chi connectivity index (χ0v) is 8.31. The molecule has 0 radical (unpaired) electrons. The van der Waals surface area contributed by atoms with Crippen molar-refractivity contribution < 1.29 is 9.50 Å². The molecule has 0 bridgehead atoms. The second kappa shape index (κ2) is 3.96. The van der Waals surface area contributed by atoms with Gasteiger partial charge in [0.2, 0.25) is 0 Å². The molecule has 0 fully saturated rings. The first-order chi connectivity index (χ1) is 7.22. The average Bonchev–Trinajstić information content (AvgIpc) is 2.63. The highest BCUT2D eigenvalue weighted by Crippen LogP contribution is 2.14. The molecular weight excluding hydrogens is 197 g/mol. The van der Waals surface area contributed by atoms with E-state index in [1.54, 1.807) is 29.9 Å². The number of likely N-dealkylation sites (N-methyl/N-ethyl adjacent to an activating group) is 1. The van der Waals surface area contributed by atoms with Crippen molar-refractivity contribution in [3.63, 3.8) is 0 Å². The van der Waals surface area contributed by atoms with E-state index in [1.165, 1.54) is 6.07 Å². The zero-order chi connectivity index (χ0) is 10.8. The van der Waals surface area contributed by atoms with Crippen LogP contribution in [0, 0.1) is 5.82 Å². The van der Waals surface area contributed by atoms with Crippen molar-refractivity contribution in [3.05, 3.63) is 36.0 Å². The first-order valence-corrected chi connectivity index (χ1v) is 4.68. The molecule has 2 N–H and O–H groups in total. The van der Waals surface area contributed by atoms with E-state index in [1.807, 2.05) is 0 Å². The van der Waals surface area contributed by atoms with Gasteiger partial charge < -0.3 is 14.8 Å². The molecule has 0 aliphatic heterocycles. The van der Waals surface area contributed by atoms with Gasteiger partial charge in [-0.05, 0) is 19.2 Å². The molecule has 0 amide bonds. The van der Waals surface area contributed by atoms with E-state index in [0.717, 1.165) is 0 Å². The van der Waals surface area contributed by atoms with Crippen LogP contribution in [0.2, 0.25) is 0 Å². The van der Waals surface area contributed by atoms with Crippen LogP contribution in [0.3, 0.4) is 0 Å². The topological polar surface area (TPSA) is 49.6 Å². The number of aliphatic hydroxyl groups is 1. The molecule has 0 aliphatic rings. The summed E-state index contributed by atoms with van der Waals surface area (Å²) in [6.45, 7) is 0.394. The number of fused-ring (bicyclic) bond motifs is 1. The minimum absolute atomic E-state index is 0.239. The summed E-state index contributed by atoms with van der Waals surface area (Å²) in [7, 11) is 1.74. The number of nitrogens with one attached hydrogen (secondary N) is 1. The predicted molar refractivity (Wildman–Crippen MR) is 54.0 cm³/mol. The van der Waals surface area contributed by atoms with E-state index in [9.17, 15) is 9.50 Å². The number of rotatable bonds is 3. The molecule has 2 aromatic heterocycles. The quantitative estimate of drug-likeness (QED) is 0.783. The van der Waals surface area contributed by atoms with Crippen LogP contribution < -0.4 is 5.32 Å². The molecule has 1 unspecified atom stereocenters.